The van der Waals surface area contributed by atoms with Crippen LogP contribution in [0, 0.1) is 29.0 Å². The van der Waals surface area contributed by atoms with Crippen molar-refractivity contribution in [2.75, 3.05) is 4.90 Å². The maximum absolute atomic E-state index is 14.5. The fourth-order valence-corrected chi connectivity index (χ4v) is 3.14. The Labute approximate surface area is 141 Å². The summed E-state index contributed by atoms with van der Waals surface area (Å²) >= 11 is 0. The molecule has 1 aliphatic heterocycles. The minimum atomic E-state index is -1.63. The lowest BCUT2D eigenvalue weighted by Crippen LogP contribution is -2.22. The Morgan fingerprint density at radius 3 is 2.00 bits per heavy atom. The summed E-state index contributed by atoms with van der Waals surface area (Å²) in [6, 6.07) is 16.0. The second kappa shape index (κ2) is 5.64. The van der Waals surface area contributed by atoms with Gasteiger partial charge >= 0.3 is 0 Å². The van der Waals surface area contributed by atoms with Gasteiger partial charge in [-0.1, -0.05) is 36.4 Å². The van der Waals surface area contributed by atoms with E-state index >= 15 is 0 Å². The standard InChI is InChI=1S/C19H10F3N3/c20-16-13(10-23)17(19(22)24-18(16)21)25-14-7-3-1-5-11(14)9-12-6-2-4-8-15(12)25/h1-8H,9H2. The van der Waals surface area contributed by atoms with E-state index < -0.39 is 23.3 Å². The summed E-state index contributed by atoms with van der Waals surface area (Å²) in [5.74, 6) is -4.32. The highest BCUT2D eigenvalue weighted by molar-refractivity contribution is 5.85. The maximum Gasteiger partial charge on any atom is 0.253 e. The number of fused-ring (bicyclic) bond motifs is 2. The number of aromatic nitrogens is 1. The summed E-state index contributed by atoms with van der Waals surface area (Å²) in [4.78, 5) is 4.43. The van der Waals surface area contributed by atoms with E-state index in [0.717, 1.165) is 11.1 Å². The predicted octanol–water partition coefficient (Wildman–Crippen LogP) is 4.74. The van der Waals surface area contributed by atoms with Gasteiger partial charge in [-0.3, -0.25) is 0 Å². The van der Waals surface area contributed by atoms with Crippen molar-refractivity contribution in [1.82, 2.24) is 4.98 Å². The van der Waals surface area contributed by atoms with Gasteiger partial charge in [-0.2, -0.15) is 19.0 Å². The van der Waals surface area contributed by atoms with Crippen molar-refractivity contribution in [3.8, 4) is 6.07 Å². The molecule has 0 aliphatic carbocycles. The lowest BCUT2D eigenvalue weighted by atomic mass is 9.94. The average molecular weight is 337 g/mol. The molecule has 122 valence electrons. The number of nitriles is 1. The summed E-state index contributed by atoms with van der Waals surface area (Å²) in [5.41, 5.74) is 1.87. The van der Waals surface area contributed by atoms with E-state index in [4.69, 9.17) is 0 Å². The molecule has 4 rings (SSSR count). The monoisotopic (exact) mass is 337 g/mol. The lowest BCUT2D eigenvalue weighted by molar-refractivity contribution is 0.446. The van der Waals surface area contributed by atoms with Crippen LogP contribution in [0.15, 0.2) is 48.5 Å². The average Bonchev–Trinajstić information content (AvgIpc) is 2.63. The van der Waals surface area contributed by atoms with E-state index in [9.17, 15) is 18.4 Å². The lowest BCUT2D eigenvalue weighted by Gasteiger charge is -2.33. The SMILES string of the molecule is N#Cc1c(F)c(F)nc(F)c1N1c2ccccc2Cc2ccccc21. The van der Waals surface area contributed by atoms with Crippen molar-refractivity contribution >= 4 is 17.1 Å². The van der Waals surface area contributed by atoms with Crippen LogP contribution in [0.4, 0.5) is 30.2 Å². The molecular weight excluding hydrogens is 327 g/mol. The summed E-state index contributed by atoms with van der Waals surface area (Å²) < 4.78 is 42.1. The van der Waals surface area contributed by atoms with Crippen molar-refractivity contribution in [3.63, 3.8) is 0 Å². The van der Waals surface area contributed by atoms with Gasteiger partial charge in [0.05, 0.1) is 0 Å². The topological polar surface area (TPSA) is 39.9 Å². The molecule has 2 aromatic carbocycles. The largest absolute Gasteiger partial charge is 0.305 e. The zero-order valence-electron chi connectivity index (χ0n) is 12.8. The Kier molecular flexibility index (Phi) is 3.43. The van der Waals surface area contributed by atoms with E-state index in [1.165, 1.54) is 4.90 Å². The molecule has 0 spiro atoms. The fourth-order valence-electron chi connectivity index (χ4n) is 3.14. The molecule has 0 amide bonds. The Morgan fingerprint density at radius 1 is 0.880 bits per heavy atom. The molecule has 2 heterocycles. The zero-order valence-corrected chi connectivity index (χ0v) is 12.8. The first-order chi connectivity index (χ1) is 12.1. The highest BCUT2D eigenvalue weighted by Gasteiger charge is 2.31. The first-order valence-corrected chi connectivity index (χ1v) is 7.52. The number of hydrogen-bond acceptors (Lipinski definition) is 3. The van der Waals surface area contributed by atoms with Crippen molar-refractivity contribution in [2.45, 2.75) is 6.42 Å². The Bertz CT molecular complexity index is 995. The van der Waals surface area contributed by atoms with Crippen LogP contribution in [-0.2, 0) is 6.42 Å². The molecule has 0 saturated carbocycles. The van der Waals surface area contributed by atoms with Crippen LogP contribution in [0.1, 0.15) is 16.7 Å². The van der Waals surface area contributed by atoms with E-state index in [0.29, 0.717) is 17.8 Å². The summed E-state index contributed by atoms with van der Waals surface area (Å²) in [6.45, 7) is 0. The van der Waals surface area contributed by atoms with Crippen molar-refractivity contribution in [2.24, 2.45) is 0 Å². The van der Waals surface area contributed by atoms with Gasteiger partial charge in [-0.15, -0.1) is 0 Å². The third-order valence-electron chi connectivity index (χ3n) is 4.21. The van der Waals surface area contributed by atoms with Gasteiger partial charge in [0.15, 0.2) is 5.82 Å². The second-order valence-corrected chi connectivity index (χ2v) is 5.61. The van der Waals surface area contributed by atoms with E-state index in [2.05, 4.69) is 4.98 Å². The van der Waals surface area contributed by atoms with Crippen molar-refractivity contribution in [3.05, 3.63) is 82.9 Å². The number of rotatable bonds is 1. The predicted molar refractivity (Wildman–Crippen MR) is 86.3 cm³/mol. The molecular formula is C19H10F3N3. The minimum absolute atomic E-state index is 0.388. The van der Waals surface area contributed by atoms with Gasteiger partial charge in [0.25, 0.3) is 5.95 Å². The smallest absolute Gasteiger partial charge is 0.253 e. The highest BCUT2D eigenvalue weighted by atomic mass is 19.2. The first-order valence-electron chi connectivity index (χ1n) is 7.52. The van der Waals surface area contributed by atoms with Gasteiger partial charge in [0.2, 0.25) is 5.95 Å². The molecule has 0 N–H and O–H groups in total. The number of nitrogens with zero attached hydrogens (tertiary/aromatic N) is 3. The summed E-state index contributed by atoms with van der Waals surface area (Å²) in [5, 5.41) is 9.30. The Hall–Kier alpha value is -3.33. The van der Waals surface area contributed by atoms with E-state index in [-0.39, 0.29) is 5.69 Å². The molecule has 0 unspecified atom stereocenters. The zero-order chi connectivity index (χ0) is 17.6. The van der Waals surface area contributed by atoms with Crippen LogP contribution in [0.2, 0.25) is 0 Å². The van der Waals surface area contributed by atoms with Crippen LogP contribution in [0.3, 0.4) is 0 Å². The van der Waals surface area contributed by atoms with Gasteiger partial charge in [-0.05, 0) is 23.3 Å². The fraction of sp³-hybridized carbons (Fsp3) is 0.0526. The molecule has 0 radical (unpaired) electrons. The number of hydrogen-bond donors (Lipinski definition) is 0. The molecule has 0 bridgehead atoms. The molecule has 6 heteroatoms. The van der Waals surface area contributed by atoms with Crippen LogP contribution < -0.4 is 4.90 Å². The van der Waals surface area contributed by atoms with Crippen LogP contribution in [0.25, 0.3) is 0 Å². The molecule has 0 atom stereocenters. The number of benzene rings is 2. The minimum Gasteiger partial charge on any atom is -0.305 e. The molecule has 1 aromatic heterocycles. The summed E-state index contributed by atoms with van der Waals surface area (Å²) in [7, 11) is 0. The third-order valence-corrected chi connectivity index (χ3v) is 4.21. The molecule has 3 nitrogen and oxygen atoms in total. The van der Waals surface area contributed by atoms with Gasteiger partial charge in [0.1, 0.15) is 17.3 Å². The molecule has 3 aromatic rings. The van der Waals surface area contributed by atoms with Gasteiger partial charge in [-0.25, -0.2) is 4.39 Å². The van der Waals surface area contributed by atoms with E-state index in [1.54, 1.807) is 30.3 Å². The summed E-state index contributed by atoms with van der Waals surface area (Å²) in [6.07, 6.45) is 0.615. The Morgan fingerprint density at radius 2 is 1.44 bits per heavy atom. The molecule has 25 heavy (non-hydrogen) atoms. The van der Waals surface area contributed by atoms with Crippen molar-refractivity contribution in [1.29, 1.82) is 5.26 Å². The molecule has 0 saturated heterocycles. The second-order valence-electron chi connectivity index (χ2n) is 5.61. The quantitative estimate of drug-likeness (QED) is 0.471. The third kappa shape index (κ3) is 2.24. The maximum atomic E-state index is 14.5. The number of pyridine rings is 1. The van der Waals surface area contributed by atoms with Crippen LogP contribution in [0.5, 0.6) is 0 Å². The van der Waals surface area contributed by atoms with Crippen LogP contribution >= 0.6 is 0 Å². The number of halogens is 3. The molecule has 1 aliphatic rings. The Balaban J connectivity index is 2.08. The normalized spacial score (nSPS) is 12.3. The highest BCUT2D eigenvalue weighted by Crippen LogP contribution is 2.45. The van der Waals surface area contributed by atoms with Gasteiger partial charge < -0.3 is 4.90 Å². The van der Waals surface area contributed by atoms with E-state index in [1.807, 2.05) is 24.3 Å². The number of anilines is 3. The van der Waals surface area contributed by atoms with Crippen molar-refractivity contribution < 1.29 is 13.2 Å². The van der Waals surface area contributed by atoms with Crippen LogP contribution in [-0.4, -0.2) is 4.98 Å². The number of para-hydroxylation sites is 2. The van der Waals surface area contributed by atoms with Gasteiger partial charge in [0, 0.05) is 17.8 Å². The first kappa shape index (κ1) is 15.2. The molecule has 0 fully saturated rings.